The smallest absolute Gasteiger partial charge is 0.316 e. The molecule has 1 atom stereocenters. The molecule has 25 heavy (non-hydrogen) atoms. The number of rotatable bonds is 3. The SMILES string of the molecule is O=[N+]([O-])c1ccc(C2(O)CN(c3ccccc3)C3=[N+]2CCCS3)cc1. The predicted molar refractivity (Wildman–Crippen MR) is 98.0 cm³/mol. The van der Waals surface area contributed by atoms with Gasteiger partial charge in [0.25, 0.3) is 11.4 Å². The number of thioether (sulfide) groups is 1. The van der Waals surface area contributed by atoms with Crippen molar-refractivity contribution in [3.05, 3.63) is 70.3 Å². The lowest BCUT2D eigenvalue weighted by atomic mass is 10.0. The molecule has 6 nitrogen and oxygen atoms in total. The number of hydrogen-bond acceptors (Lipinski definition) is 5. The van der Waals surface area contributed by atoms with E-state index in [0.717, 1.165) is 29.6 Å². The van der Waals surface area contributed by atoms with Gasteiger partial charge in [0.15, 0.2) is 6.54 Å². The first-order valence-corrected chi connectivity index (χ1v) is 9.15. The number of para-hydroxylation sites is 1. The van der Waals surface area contributed by atoms with Crippen LogP contribution in [0, 0.1) is 10.1 Å². The number of nitro groups is 1. The number of nitrogens with zero attached hydrogens (tertiary/aromatic N) is 3. The molecule has 4 rings (SSSR count). The summed E-state index contributed by atoms with van der Waals surface area (Å²) in [6.07, 6.45) is 0.992. The van der Waals surface area contributed by atoms with Gasteiger partial charge < -0.3 is 5.11 Å². The number of hydrogen-bond donors (Lipinski definition) is 1. The third-order valence-corrected chi connectivity index (χ3v) is 5.84. The Hall–Kier alpha value is -2.38. The molecule has 2 heterocycles. The van der Waals surface area contributed by atoms with Crippen LogP contribution >= 0.6 is 11.8 Å². The second-order valence-electron chi connectivity index (χ2n) is 6.18. The molecule has 0 saturated heterocycles. The Balaban J connectivity index is 1.76. The maximum absolute atomic E-state index is 11.5. The van der Waals surface area contributed by atoms with Crippen LogP contribution in [0.25, 0.3) is 0 Å². The summed E-state index contributed by atoms with van der Waals surface area (Å²) >= 11 is 1.74. The average molecular weight is 356 g/mol. The maximum atomic E-state index is 11.5. The maximum Gasteiger partial charge on any atom is 0.316 e. The number of anilines is 1. The Morgan fingerprint density at radius 2 is 1.88 bits per heavy atom. The van der Waals surface area contributed by atoms with Crippen molar-refractivity contribution in [1.82, 2.24) is 0 Å². The van der Waals surface area contributed by atoms with Crippen LogP contribution in [0.4, 0.5) is 11.4 Å². The highest BCUT2D eigenvalue weighted by molar-refractivity contribution is 8.13. The van der Waals surface area contributed by atoms with E-state index in [0.29, 0.717) is 12.1 Å². The topological polar surface area (TPSA) is 69.6 Å². The third-order valence-electron chi connectivity index (χ3n) is 4.65. The Bertz CT molecular complexity index is 838. The van der Waals surface area contributed by atoms with Crippen LogP contribution in [0.5, 0.6) is 0 Å². The molecule has 0 spiro atoms. The van der Waals surface area contributed by atoms with Gasteiger partial charge in [-0.25, -0.2) is 9.48 Å². The van der Waals surface area contributed by atoms with Crippen LogP contribution < -0.4 is 4.90 Å². The van der Waals surface area contributed by atoms with Gasteiger partial charge in [-0.05, 0) is 42.4 Å². The van der Waals surface area contributed by atoms with E-state index in [2.05, 4.69) is 4.90 Å². The summed E-state index contributed by atoms with van der Waals surface area (Å²) < 4.78 is 2.02. The van der Waals surface area contributed by atoms with Crippen LogP contribution in [0.2, 0.25) is 0 Å². The van der Waals surface area contributed by atoms with Crippen molar-refractivity contribution < 1.29 is 14.6 Å². The van der Waals surface area contributed by atoms with E-state index < -0.39 is 10.6 Å². The lowest BCUT2D eigenvalue weighted by molar-refractivity contribution is -0.656. The molecular formula is C18H18N3O3S+. The fourth-order valence-electron chi connectivity index (χ4n) is 3.41. The highest BCUT2D eigenvalue weighted by Gasteiger charge is 2.53. The standard InChI is InChI=1S/C18H18N3O3S/c22-18(14-7-9-16(10-8-14)21(23)24)13-19(15-5-2-1-3-6-15)17-20(18)11-4-12-25-17/h1-3,5-10,22H,4,11-13H2/q+1. The van der Waals surface area contributed by atoms with Crippen molar-refractivity contribution in [3.63, 3.8) is 0 Å². The zero-order valence-electron chi connectivity index (χ0n) is 13.5. The molecule has 0 aromatic heterocycles. The first-order valence-electron chi connectivity index (χ1n) is 8.17. The van der Waals surface area contributed by atoms with E-state index in [9.17, 15) is 15.2 Å². The molecule has 1 N–H and O–H groups in total. The minimum absolute atomic E-state index is 0.0301. The molecule has 2 aliphatic rings. The third kappa shape index (κ3) is 2.69. The van der Waals surface area contributed by atoms with Gasteiger partial charge in [-0.1, -0.05) is 18.2 Å². The number of β-amino-alcohol motifs (C(OH)–C–C–N with tert-alkyl or cyclic N) is 1. The highest BCUT2D eigenvalue weighted by Crippen LogP contribution is 2.37. The zero-order chi connectivity index (χ0) is 17.4. The van der Waals surface area contributed by atoms with Gasteiger partial charge in [-0.15, -0.1) is 0 Å². The first-order chi connectivity index (χ1) is 12.1. The van der Waals surface area contributed by atoms with Crippen molar-refractivity contribution in [1.29, 1.82) is 0 Å². The number of benzene rings is 2. The van der Waals surface area contributed by atoms with Crippen molar-refractivity contribution in [2.45, 2.75) is 12.1 Å². The molecule has 1 unspecified atom stereocenters. The monoisotopic (exact) mass is 356 g/mol. The van der Waals surface area contributed by atoms with Crippen LogP contribution in [0.15, 0.2) is 54.6 Å². The van der Waals surface area contributed by atoms with E-state index in [4.69, 9.17) is 0 Å². The Labute approximate surface area is 149 Å². The summed E-state index contributed by atoms with van der Waals surface area (Å²) in [5, 5.41) is 23.4. The molecule has 0 saturated carbocycles. The zero-order valence-corrected chi connectivity index (χ0v) is 14.4. The van der Waals surface area contributed by atoms with Gasteiger partial charge in [0.2, 0.25) is 0 Å². The van der Waals surface area contributed by atoms with Gasteiger partial charge in [0.1, 0.15) is 5.69 Å². The van der Waals surface area contributed by atoms with Gasteiger partial charge in [-0.3, -0.25) is 10.1 Å². The van der Waals surface area contributed by atoms with Crippen LogP contribution in [-0.2, 0) is 5.72 Å². The van der Waals surface area contributed by atoms with Crippen molar-refractivity contribution >= 4 is 28.3 Å². The summed E-state index contributed by atoms with van der Waals surface area (Å²) in [6, 6.07) is 16.2. The molecule has 2 aromatic rings. The normalized spacial score (nSPS) is 22.8. The van der Waals surface area contributed by atoms with E-state index in [-0.39, 0.29) is 5.69 Å². The van der Waals surface area contributed by atoms with Gasteiger partial charge in [0, 0.05) is 23.4 Å². The van der Waals surface area contributed by atoms with Crippen molar-refractivity contribution in [2.75, 3.05) is 23.7 Å². The number of nitro benzene ring substituents is 1. The molecule has 0 radical (unpaired) electrons. The second kappa shape index (κ2) is 6.16. The molecule has 2 aromatic carbocycles. The highest BCUT2D eigenvalue weighted by atomic mass is 32.2. The van der Waals surface area contributed by atoms with E-state index >= 15 is 0 Å². The fraction of sp³-hybridized carbons (Fsp3) is 0.278. The molecule has 0 fully saturated rings. The summed E-state index contributed by atoms with van der Waals surface area (Å²) in [5.74, 6) is 1.02. The molecule has 0 amide bonds. The van der Waals surface area contributed by atoms with Crippen molar-refractivity contribution in [3.8, 4) is 0 Å². The van der Waals surface area contributed by atoms with E-state index in [1.54, 1.807) is 23.9 Å². The Morgan fingerprint density at radius 1 is 1.16 bits per heavy atom. The molecule has 0 aliphatic carbocycles. The number of amidine groups is 1. The second-order valence-corrected chi connectivity index (χ2v) is 7.24. The summed E-state index contributed by atoms with van der Waals surface area (Å²) in [4.78, 5) is 12.6. The first kappa shape index (κ1) is 16.1. The number of aliphatic hydroxyl groups is 1. The fourth-order valence-corrected chi connectivity index (χ4v) is 4.59. The molecule has 0 bridgehead atoms. The molecular weight excluding hydrogens is 338 g/mol. The molecule has 7 heteroatoms. The Kier molecular flexibility index (Phi) is 3.97. The average Bonchev–Trinajstić information content (AvgIpc) is 2.97. The lowest BCUT2D eigenvalue weighted by Gasteiger charge is -2.24. The predicted octanol–water partition coefficient (Wildman–Crippen LogP) is 2.77. The summed E-state index contributed by atoms with van der Waals surface area (Å²) in [5.41, 5.74) is 0.557. The van der Waals surface area contributed by atoms with Crippen LogP contribution in [0.3, 0.4) is 0 Å². The lowest BCUT2D eigenvalue weighted by Crippen LogP contribution is -2.41. The van der Waals surface area contributed by atoms with Gasteiger partial charge >= 0.3 is 5.17 Å². The Morgan fingerprint density at radius 3 is 2.56 bits per heavy atom. The van der Waals surface area contributed by atoms with Gasteiger partial charge in [0.05, 0.1) is 11.5 Å². The minimum Gasteiger partial charge on any atom is -0.346 e. The minimum atomic E-state index is -1.19. The van der Waals surface area contributed by atoms with E-state index in [1.807, 2.05) is 34.9 Å². The summed E-state index contributed by atoms with van der Waals surface area (Å²) in [6.45, 7) is 1.16. The van der Waals surface area contributed by atoms with Crippen molar-refractivity contribution in [2.24, 2.45) is 0 Å². The van der Waals surface area contributed by atoms with Gasteiger partial charge in [-0.2, -0.15) is 0 Å². The summed E-state index contributed by atoms with van der Waals surface area (Å²) in [7, 11) is 0. The number of non-ortho nitro benzene ring substituents is 1. The van der Waals surface area contributed by atoms with Crippen LogP contribution in [0.1, 0.15) is 12.0 Å². The van der Waals surface area contributed by atoms with E-state index in [1.165, 1.54) is 12.1 Å². The van der Waals surface area contributed by atoms with Crippen LogP contribution in [-0.4, -0.2) is 38.6 Å². The largest absolute Gasteiger partial charge is 0.346 e. The molecule has 128 valence electrons. The molecule has 2 aliphatic heterocycles. The quantitative estimate of drug-likeness (QED) is 0.520.